The van der Waals surface area contributed by atoms with Crippen molar-refractivity contribution in [3.8, 4) is 0 Å². The smallest absolute Gasteiger partial charge is 0.224 e. The molecule has 0 saturated carbocycles. The summed E-state index contributed by atoms with van der Waals surface area (Å²) in [6.07, 6.45) is 6.10. The number of nitrogens with one attached hydrogen (secondary N) is 2. The van der Waals surface area contributed by atoms with Gasteiger partial charge in [0.25, 0.3) is 0 Å². The van der Waals surface area contributed by atoms with Gasteiger partial charge in [0.15, 0.2) is 0 Å². The van der Waals surface area contributed by atoms with Gasteiger partial charge in [-0.05, 0) is 43.9 Å². The van der Waals surface area contributed by atoms with Gasteiger partial charge in [0, 0.05) is 38.4 Å². The van der Waals surface area contributed by atoms with Crippen LogP contribution < -0.4 is 15.5 Å². The molecule has 0 atom stereocenters. The maximum atomic E-state index is 12.2. The molecule has 138 valence electrons. The molecule has 3 rings (SSSR count). The first-order chi connectivity index (χ1) is 12.7. The average Bonchev–Trinajstić information content (AvgIpc) is 2.68. The van der Waals surface area contributed by atoms with Crippen LogP contribution in [0.4, 0.5) is 11.8 Å². The highest BCUT2D eigenvalue weighted by molar-refractivity contribution is 5.76. The van der Waals surface area contributed by atoms with E-state index in [2.05, 4.69) is 30.5 Å². The van der Waals surface area contributed by atoms with Crippen molar-refractivity contribution in [3.63, 3.8) is 0 Å². The molecule has 0 bridgehead atoms. The summed E-state index contributed by atoms with van der Waals surface area (Å²) in [4.78, 5) is 27.4. The largest absolute Gasteiger partial charge is 0.356 e. The number of carbonyl (C=O) groups is 1. The molecule has 1 saturated heterocycles. The molecule has 1 aliphatic rings. The Morgan fingerprint density at radius 3 is 2.77 bits per heavy atom. The summed E-state index contributed by atoms with van der Waals surface area (Å²) in [6.45, 7) is 5.16. The molecule has 0 spiro atoms. The van der Waals surface area contributed by atoms with Crippen molar-refractivity contribution in [1.82, 2.24) is 20.3 Å². The monoisotopic (exact) mass is 354 g/mol. The highest BCUT2D eigenvalue weighted by Crippen LogP contribution is 2.24. The Bertz CT molecular complexity index is 700. The van der Waals surface area contributed by atoms with Gasteiger partial charge in [-0.1, -0.05) is 6.07 Å². The van der Waals surface area contributed by atoms with Gasteiger partial charge < -0.3 is 15.5 Å². The molecule has 0 radical (unpaired) electrons. The molecular weight excluding hydrogens is 328 g/mol. The second-order valence-electron chi connectivity index (χ2n) is 6.50. The van der Waals surface area contributed by atoms with Crippen LogP contribution in [0.5, 0.6) is 0 Å². The maximum Gasteiger partial charge on any atom is 0.224 e. The summed E-state index contributed by atoms with van der Waals surface area (Å²) < 4.78 is 0. The molecule has 0 aliphatic carbocycles. The molecule has 26 heavy (non-hydrogen) atoms. The first kappa shape index (κ1) is 18.1. The van der Waals surface area contributed by atoms with Gasteiger partial charge in [0.2, 0.25) is 11.9 Å². The van der Waals surface area contributed by atoms with Gasteiger partial charge in [-0.25, -0.2) is 4.98 Å². The molecule has 1 amide bonds. The number of anilines is 2. The number of hydrogen-bond donors (Lipinski definition) is 2. The summed E-state index contributed by atoms with van der Waals surface area (Å²) in [6, 6.07) is 7.67. The molecule has 0 aromatic carbocycles. The summed E-state index contributed by atoms with van der Waals surface area (Å²) in [5.74, 6) is 2.14. The van der Waals surface area contributed by atoms with Crippen LogP contribution in [0.1, 0.15) is 31.9 Å². The van der Waals surface area contributed by atoms with Gasteiger partial charge in [-0.3, -0.25) is 9.78 Å². The first-order valence-corrected chi connectivity index (χ1v) is 9.23. The fraction of sp³-hybridized carbons (Fsp3) is 0.474. The van der Waals surface area contributed by atoms with Gasteiger partial charge in [-0.2, -0.15) is 4.98 Å². The predicted octanol–water partition coefficient (Wildman–Crippen LogP) is 2.23. The molecule has 1 aliphatic heterocycles. The zero-order chi connectivity index (χ0) is 18.2. The van der Waals surface area contributed by atoms with E-state index in [1.807, 2.05) is 31.2 Å². The number of amides is 1. The van der Waals surface area contributed by atoms with E-state index < -0.39 is 0 Å². The number of pyridine rings is 1. The SMILES string of the molecule is CCNc1nccc(N2CCC(CC(=O)NCc3ccccn3)CC2)n1. The Hall–Kier alpha value is -2.70. The molecule has 2 N–H and O–H groups in total. The lowest BCUT2D eigenvalue weighted by Crippen LogP contribution is -2.36. The van der Waals surface area contributed by atoms with Gasteiger partial charge in [0.05, 0.1) is 12.2 Å². The summed E-state index contributed by atoms with van der Waals surface area (Å²) >= 11 is 0. The van der Waals surface area contributed by atoms with E-state index in [4.69, 9.17) is 0 Å². The normalized spacial score (nSPS) is 14.9. The molecule has 3 heterocycles. The molecular formula is C19H26N6O. The number of piperidine rings is 1. The minimum atomic E-state index is 0.102. The van der Waals surface area contributed by atoms with Crippen LogP contribution in [0.2, 0.25) is 0 Å². The number of nitrogens with zero attached hydrogens (tertiary/aromatic N) is 4. The molecule has 7 heteroatoms. The molecule has 7 nitrogen and oxygen atoms in total. The van der Waals surface area contributed by atoms with Gasteiger partial charge in [-0.15, -0.1) is 0 Å². The van der Waals surface area contributed by atoms with Crippen LogP contribution >= 0.6 is 0 Å². The van der Waals surface area contributed by atoms with E-state index in [0.717, 1.165) is 44.0 Å². The topological polar surface area (TPSA) is 83.0 Å². The zero-order valence-electron chi connectivity index (χ0n) is 15.2. The van der Waals surface area contributed by atoms with E-state index in [1.54, 1.807) is 12.4 Å². The third kappa shape index (κ3) is 5.15. The number of carbonyl (C=O) groups excluding carboxylic acids is 1. The lowest BCUT2D eigenvalue weighted by molar-refractivity contribution is -0.122. The minimum absolute atomic E-state index is 0.102. The summed E-state index contributed by atoms with van der Waals surface area (Å²) in [5, 5.41) is 6.11. The Kier molecular flexibility index (Phi) is 6.35. The molecule has 2 aromatic heterocycles. The van der Waals surface area contributed by atoms with Gasteiger partial charge in [0.1, 0.15) is 5.82 Å². The minimum Gasteiger partial charge on any atom is -0.356 e. The first-order valence-electron chi connectivity index (χ1n) is 9.23. The lowest BCUT2D eigenvalue weighted by atomic mass is 9.93. The van der Waals surface area contributed by atoms with E-state index in [0.29, 0.717) is 24.8 Å². The standard InChI is InChI=1S/C19H26N6O/c1-2-20-19-22-10-6-17(24-19)25-11-7-15(8-12-25)13-18(26)23-14-16-5-3-4-9-21-16/h3-6,9-10,15H,2,7-8,11-14H2,1H3,(H,23,26)(H,20,22,24). The van der Waals surface area contributed by atoms with Crippen molar-refractivity contribution >= 4 is 17.7 Å². The number of hydrogen-bond acceptors (Lipinski definition) is 6. The Labute approximate surface area is 154 Å². The molecule has 1 fully saturated rings. The second-order valence-corrected chi connectivity index (χ2v) is 6.50. The van der Waals surface area contributed by atoms with E-state index >= 15 is 0 Å². The fourth-order valence-electron chi connectivity index (χ4n) is 3.16. The summed E-state index contributed by atoms with van der Waals surface area (Å²) in [7, 11) is 0. The van der Waals surface area contributed by atoms with Gasteiger partial charge >= 0.3 is 0 Å². The van der Waals surface area contributed by atoms with Crippen molar-refractivity contribution in [1.29, 1.82) is 0 Å². The third-order valence-electron chi connectivity index (χ3n) is 4.58. The fourth-order valence-corrected chi connectivity index (χ4v) is 3.16. The maximum absolute atomic E-state index is 12.2. The van der Waals surface area contributed by atoms with Crippen molar-refractivity contribution in [3.05, 3.63) is 42.4 Å². The number of rotatable bonds is 7. The van der Waals surface area contributed by atoms with Crippen LogP contribution in [-0.4, -0.2) is 40.5 Å². The van der Waals surface area contributed by atoms with Crippen molar-refractivity contribution in [2.24, 2.45) is 5.92 Å². The van der Waals surface area contributed by atoms with Crippen LogP contribution in [-0.2, 0) is 11.3 Å². The van der Waals surface area contributed by atoms with E-state index in [9.17, 15) is 4.79 Å². The van der Waals surface area contributed by atoms with Crippen molar-refractivity contribution < 1.29 is 4.79 Å². The highest BCUT2D eigenvalue weighted by atomic mass is 16.1. The third-order valence-corrected chi connectivity index (χ3v) is 4.58. The zero-order valence-corrected chi connectivity index (χ0v) is 15.2. The highest BCUT2D eigenvalue weighted by Gasteiger charge is 2.22. The van der Waals surface area contributed by atoms with Crippen molar-refractivity contribution in [2.75, 3.05) is 29.9 Å². The van der Waals surface area contributed by atoms with E-state index in [-0.39, 0.29) is 5.91 Å². The quantitative estimate of drug-likeness (QED) is 0.793. The lowest BCUT2D eigenvalue weighted by Gasteiger charge is -2.32. The number of aromatic nitrogens is 3. The van der Waals surface area contributed by atoms with Crippen LogP contribution in [0.3, 0.4) is 0 Å². The van der Waals surface area contributed by atoms with Crippen LogP contribution in [0.25, 0.3) is 0 Å². The second kappa shape index (κ2) is 9.12. The Balaban J connectivity index is 1.43. The van der Waals surface area contributed by atoms with E-state index in [1.165, 1.54) is 0 Å². The molecule has 0 unspecified atom stereocenters. The van der Waals surface area contributed by atoms with Crippen LogP contribution in [0.15, 0.2) is 36.7 Å². The average molecular weight is 354 g/mol. The Morgan fingerprint density at radius 2 is 2.04 bits per heavy atom. The van der Waals surface area contributed by atoms with Crippen molar-refractivity contribution in [2.45, 2.75) is 32.7 Å². The predicted molar refractivity (Wildman–Crippen MR) is 102 cm³/mol. The molecule has 2 aromatic rings. The Morgan fingerprint density at radius 1 is 1.19 bits per heavy atom. The summed E-state index contributed by atoms with van der Waals surface area (Å²) in [5.41, 5.74) is 0.885. The van der Waals surface area contributed by atoms with Crippen LogP contribution in [0, 0.1) is 5.92 Å².